The maximum Gasteiger partial charge on any atom is 0.416 e. The van der Waals surface area contributed by atoms with E-state index in [-0.39, 0.29) is 25.2 Å². The fraction of sp³-hybridized carbons (Fsp3) is 0.414. The van der Waals surface area contributed by atoms with E-state index in [1.165, 1.54) is 27.5 Å². The molecule has 0 radical (unpaired) electrons. The molecule has 216 valence electrons. The number of imidazole rings is 1. The number of hydrogen-bond donors (Lipinski definition) is 1. The molecule has 3 rings (SSSR count). The van der Waals surface area contributed by atoms with E-state index in [0.29, 0.717) is 32.4 Å². The lowest BCUT2D eigenvalue weighted by molar-refractivity contribution is -0.144. The summed E-state index contributed by atoms with van der Waals surface area (Å²) in [5.41, 5.74) is -0.214. The van der Waals surface area contributed by atoms with Crippen molar-refractivity contribution in [3.05, 3.63) is 94.2 Å². The lowest BCUT2D eigenvalue weighted by Gasteiger charge is -2.20. The summed E-state index contributed by atoms with van der Waals surface area (Å²) in [6.07, 6.45) is 0.669. The average Bonchev–Trinajstić information content (AvgIpc) is 3.30. The van der Waals surface area contributed by atoms with Gasteiger partial charge in [-0.05, 0) is 42.5 Å². The number of aromatic nitrogens is 2. The second-order valence-corrected chi connectivity index (χ2v) is 9.30. The van der Waals surface area contributed by atoms with Gasteiger partial charge in [-0.1, -0.05) is 55.8 Å². The number of unbranched alkanes of at least 4 members (excludes halogenated alkanes) is 2. The Hall–Kier alpha value is -4.02. The largest absolute Gasteiger partial charge is 0.463 e. The van der Waals surface area contributed by atoms with Crippen molar-refractivity contribution < 1.29 is 32.2 Å². The first-order valence-corrected chi connectivity index (χ1v) is 13.2. The van der Waals surface area contributed by atoms with Gasteiger partial charge in [-0.3, -0.25) is 13.9 Å². The Kier molecular flexibility index (Phi) is 11.4. The van der Waals surface area contributed by atoms with Gasteiger partial charge in [0.1, 0.15) is 13.2 Å². The van der Waals surface area contributed by atoms with Gasteiger partial charge >= 0.3 is 23.9 Å². The molecule has 2 aromatic carbocycles. The molecule has 0 saturated heterocycles. The van der Waals surface area contributed by atoms with Crippen LogP contribution in [0.25, 0.3) is 0 Å². The number of alkyl carbamates (subject to hydrolysis) is 1. The summed E-state index contributed by atoms with van der Waals surface area (Å²) in [6.45, 7) is 2.50. The van der Waals surface area contributed by atoms with Crippen LogP contribution in [-0.4, -0.2) is 34.3 Å². The normalized spacial score (nSPS) is 12.1. The number of nitrogens with zero attached hydrogens (tertiary/aromatic N) is 2. The van der Waals surface area contributed by atoms with Crippen molar-refractivity contribution in [2.24, 2.45) is 0 Å². The first-order chi connectivity index (χ1) is 19.2. The number of amides is 1. The summed E-state index contributed by atoms with van der Waals surface area (Å²) in [6, 6.07) is 13.0. The number of aryl methyl sites for hydroxylation is 1. The fourth-order valence-corrected chi connectivity index (χ4v) is 4.03. The Balaban J connectivity index is 1.59. The van der Waals surface area contributed by atoms with Crippen molar-refractivity contribution in [3.63, 3.8) is 0 Å². The molecular formula is C29H34F3N3O5. The van der Waals surface area contributed by atoms with Crippen LogP contribution in [0.2, 0.25) is 0 Å². The molecule has 40 heavy (non-hydrogen) atoms. The van der Waals surface area contributed by atoms with Gasteiger partial charge < -0.3 is 14.8 Å². The third kappa shape index (κ3) is 9.32. The van der Waals surface area contributed by atoms with Gasteiger partial charge in [0.15, 0.2) is 0 Å². The van der Waals surface area contributed by atoms with E-state index < -0.39 is 35.5 Å². The Morgan fingerprint density at radius 3 is 2.48 bits per heavy atom. The molecule has 1 atom stereocenters. The van der Waals surface area contributed by atoms with Crippen LogP contribution in [0.4, 0.5) is 18.0 Å². The zero-order chi connectivity index (χ0) is 29.0. The molecule has 0 spiro atoms. The molecule has 1 heterocycles. The summed E-state index contributed by atoms with van der Waals surface area (Å²) in [5, 5.41) is 2.66. The Morgan fingerprint density at radius 2 is 1.75 bits per heavy atom. The van der Waals surface area contributed by atoms with E-state index in [2.05, 4.69) is 5.32 Å². The van der Waals surface area contributed by atoms with E-state index in [1.807, 2.05) is 37.3 Å². The summed E-state index contributed by atoms with van der Waals surface area (Å²) >= 11 is 0. The molecule has 0 aliphatic heterocycles. The minimum atomic E-state index is -4.56. The molecule has 8 nitrogen and oxygen atoms in total. The number of hydrogen-bond acceptors (Lipinski definition) is 5. The minimum Gasteiger partial charge on any atom is -0.463 e. The van der Waals surface area contributed by atoms with E-state index >= 15 is 0 Å². The molecule has 1 aromatic heterocycles. The van der Waals surface area contributed by atoms with Crippen molar-refractivity contribution in [2.75, 3.05) is 13.2 Å². The number of halogens is 3. The number of rotatable bonds is 14. The third-order valence-corrected chi connectivity index (χ3v) is 6.25. The van der Waals surface area contributed by atoms with Crippen molar-refractivity contribution >= 4 is 12.1 Å². The number of ether oxygens (including phenoxy) is 2. The predicted octanol–water partition coefficient (Wildman–Crippen LogP) is 5.70. The number of benzene rings is 2. The van der Waals surface area contributed by atoms with E-state index in [0.717, 1.165) is 24.1 Å². The molecule has 1 N–H and O–H groups in total. The average molecular weight is 562 g/mol. The van der Waals surface area contributed by atoms with Crippen molar-refractivity contribution in [2.45, 2.75) is 64.4 Å². The van der Waals surface area contributed by atoms with Crippen LogP contribution >= 0.6 is 0 Å². The van der Waals surface area contributed by atoms with Crippen molar-refractivity contribution in [1.82, 2.24) is 14.5 Å². The number of carbonyl (C=O) groups excluding carboxylic acids is 2. The molecule has 0 fully saturated rings. The van der Waals surface area contributed by atoms with Gasteiger partial charge in [0.25, 0.3) is 0 Å². The molecule has 0 saturated carbocycles. The van der Waals surface area contributed by atoms with Crippen LogP contribution in [0, 0.1) is 0 Å². The summed E-state index contributed by atoms with van der Waals surface area (Å²) in [7, 11) is 0. The zero-order valence-corrected chi connectivity index (χ0v) is 22.4. The molecule has 1 amide bonds. The highest BCUT2D eigenvalue weighted by molar-refractivity contribution is 5.69. The number of nitrogens with one attached hydrogen (secondary N) is 1. The zero-order valence-electron chi connectivity index (χ0n) is 22.4. The second kappa shape index (κ2) is 14.9. The number of carbonyl (C=O) groups is 2. The SMILES string of the molecule is CCCCC(=O)OCC(c1cccc(C(F)(F)F)c1)n1ccn(CCCCNC(=O)OCc2ccccc2)c1=O. The summed E-state index contributed by atoms with van der Waals surface area (Å²) in [5.74, 6) is -0.471. The van der Waals surface area contributed by atoms with Crippen LogP contribution in [0.5, 0.6) is 0 Å². The van der Waals surface area contributed by atoms with Crippen LogP contribution in [0.15, 0.2) is 71.8 Å². The predicted molar refractivity (Wildman–Crippen MR) is 143 cm³/mol. The summed E-state index contributed by atoms with van der Waals surface area (Å²) in [4.78, 5) is 37.1. The van der Waals surface area contributed by atoms with Crippen LogP contribution < -0.4 is 11.0 Å². The topological polar surface area (TPSA) is 91.6 Å². The van der Waals surface area contributed by atoms with E-state index in [9.17, 15) is 27.6 Å². The fourth-order valence-electron chi connectivity index (χ4n) is 4.03. The summed E-state index contributed by atoms with van der Waals surface area (Å²) < 4.78 is 53.3. The van der Waals surface area contributed by atoms with Crippen LogP contribution in [-0.2, 0) is 33.6 Å². The lowest BCUT2D eigenvalue weighted by Crippen LogP contribution is -2.31. The molecule has 0 aliphatic carbocycles. The lowest BCUT2D eigenvalue weighted by atomic mass is 10.0. The van der Waals surface area contributed by atoms with Crippen LogP contribution in [0.1, 0.15) is 61.8 Å². The van der Waals surface area contributed by atoms with Gasteiger partial charge in [-0.15, -0.1) is 0 Å². The number of alkyl halides is 3. The molecule has 11 heteroatoms. The molecule has 1 unspecified atom stereocenters. The first-order valence-electron chi connectivity index (χ1n) is 13.2. The quantitative estimate of drug-likeness (QED) is 0.202. The third-order valence-electron chi connectivity index (χ3n) is 6.25. The molecule has 0 aliphatic rings. The van der Waals surface area contributed by atoms with Gasteiger partial charge in [-0.2, -0.15) is 13.2 Å². The molecular weight excluding hydrogens is 527 g/mol. The maximum atomic E-state index is 13.4. The Labute approximate surface area is 230 Å². The highest BCUT2D eigenvalue weighted by Crippen LogP contribution is 2.31. The second-order valence-electron chi connectivity index (χ2n) is 9.30. The molecule has 3 aromatic rings. The monoisotopic (exact) mass is 561 g/mol. The van der Waals surface area contributed by atoms with Gasteiger partial charge in [0.2, 0.25) is 0 Å². The van der Waals surface area contributed by atoms with Crippen LogP contribution in [0.3, 0.4) is 0 Å². The minimum absolute atomic E-state index is 0.163. The van der Waals surface area contributed by atoms with E-state index in [1.54, 1.807) is 6.20 Å². The van der Waals surface area contributed by atoms with E-state index in [4.69, 9.17) is 9.47 Å². The highest BCUT2D eigenvalue weighted by atomic mass is 19.4. The molecule has 0 bridgehead atoms. The number of esters is 1. The maximum absolute atomic E-state index is 13.4. The highest BCUT2D eigenvalue weighted by Gasteiger charge is 2.31. The van der Waals surface area contributed by atoms with Gasteiger partial charge in [-0.25, -0.2) is 9.59 Å². The van der Waals surface area contributed by atoms with Gasteiger partial charge in [0, 0.05) is 31.9 Å². The van der Waals surface area contributed by atoms with Gasteiger partial charge in [0.05, 0.1) is 11.6 Å². The standard InChI is InChI=1S/C29H34F3N3O5/c1-2-3-14-26(36)39-21-25(23-12-9-13-24(19-23)29(30,31)32)35-18-17-34(28(35)38)16-8-7-15-33-27(37)40-20-22-10-5-4-6-11-22/h4-6,9-13,17-19,25H,2-3,7-8,14-16,20-21H2,1H3,(H,33,37). The Morgan fingerprint density at radius 1 is 0.975 bits per heavy atom. The van der Waals surface area contributed by atoms with Crippen molar-refractivity contribution in [1.29, 1.82) is 0 Å². The Bertz CT molecular complexity index is 1290. The first kappa shape index (κ1) is 30.5. The smallest absolute Gasteiger partial charge is 0.416 e. The van der Waals surface area contributed by atoms with Crippen molar-refractivity contribution in [3.8, 4) is 0 Å².